The van der Waals surface area contributed by atoms with Crippen molar-refractivity contribution in [3.8, 4) is 11.3 Å². The zero-order valence-corrected chi connectivity index (χ0v) is 16.5. The summed E-state index contributed by atoms with van der Waals surface area (Å²) in [5.74, 6) is -1.82. The van der Waals surface area contributed by atoms with E-state index in [1.807, 2.05) is 18.2 Å². The van der Waals surface area contributed by atoms with Crippen molar-refractivity contribution < 1.29 is 18.5 Å². The minimum Gasteiger partial charge on any atom is -0.344 e. The van der Waals surface area contributed by atoms with Crippen molar-refractivity contribution >= 4 is 17.4 Å². The van der Waals surface area contributed by atoms with Crippen LogP contribution in [0.15, 0.2) is 54.6 Å². The first-order chi connectivity index (χ1) is 14.5. The number of carbonyl (C=O) groups excluding carboxylic acids is 1. The van der Waals surface area contributed by atoms with E-state index in [9.17, 15) is 13.6 Å². The molecule has 0 unspecified atom stereocenters. The van der Waals surface area contributed by atoms with Crippen molar-refractivity contribution in [2.75, 3.05) is 43.4 Å². The third-order valence-corrected chi connectivity index (χ3v) is 5.20. The number of benzene rings is 2. The molecule has 1 saturated heterocycles. The van der Waals surface area contributed by atoms with Crippen molar-refractivity contribution in [1.29, 1.82) is 0 Å². The Morgan fingerprint density at radius 1 is 1.00 bits per heavy atom. The second-order valence-electron chi connectivity index (χ2n) is 7.35. The molecular weight excluding hydrogens is 388 g/mol. The molecule has 0 aliphatic carbocycles. The Kier molecular flexibility index (Phi) is 5.67. The van der Waals surface area contributed by atoms with Crippen LogP contribution in [0, 0.1) is 11.6 Å². The monoisotopic (exact) mass is 410 g/mol. The smallest absolute Gasteiger partial charge is 0.261 e. The van der Waals surface area contributed by atoms with Gasteiger partial charge in [-0.2, -0.15) is 0 Å². The molecule has 1 fully saturated rings. The summed E-state index contributed by atoms with van der Waals surface area (Å²) in [6.07, 6.45) is 0. The molecule has 0 atom stereocenters. The minimum absolute atomic E-state index is 0.410. The Bertz CT molecular complexity index is 1030. The number of nitrogens with one attached hydrogen (secondary N) is 2. The molecule has 0 radical (unpaired) electrons. The molecule has 1 amide bonds. The number of piperazine rings is 1. The molecule has 8 heteroatoms. The average molecular weight is 410 g/mol. The van der Waals surface area contributed by atoms with Crippen LogP contribution in [0.5, 0.6) is 0 Å². The number of aromatic nitrogens is 2. The maximum absolute atomic E-state index is 13.8. The molecule has 3 aromatic rings. The first-order valence-corrected chi connectivity index (χ1v) is 9.77. The molecule has 30 heavy (non-hydrogen) atoms. The van der Waals surface area contributed by atoms with E-state index < -0.39 is 23.1 Å². The zero-order chi connectivity index (χ0) is 21.1. The molecule has 2 N–H and O–H groups in total. The number of hydrogen-bond donors (Lipinski definition) is 2. The lowest BCUT2D eigenvalue weighted by molar-refractivity contribution is -0.880. The third kappa shape index (κ3) is 4.28. The number of nitrogens with zero attached hydrogens (tertiary/aromatic N) is 3. The molecule has 6 nitrogen and oxygen atoms in total. The van der Waals surface area contributed by atoms with Crippen molar-refractivity contribution in [3.05, 3.63) is 71.8 Å². The van der Waals surface area contributed by atoms with E-state index in [2.05, 4.69) is 27.5 Å². The lowest BCUT2D eigenvalue weighted by Gasteiger charge is -2.30. The summed E-state index contributed by atoms with van der Waals surface area (Å²) in [5, 5.41) is 11.2. The molecule has 0 bridgehead atoms. The second-order valence-corrected chi connectivity index (χ2v) is 7.35. The number of halogens is 2. The number of quaternary nitrogens is 1. The Morgan fingerprint density at radius 3 is 2.37 bits per heavy atom. The van der Waals surface area contributed by atoms with Crippen LogP contribution in [0.4, 0.5) is 20.3 Å². The fourth-order valence-electron chi connectivity index (χ4n) is 3.43. The van der Waals surface area contributed by atoms with Crippen LogP contribution >= 0.6 is 0 Å². The highest BCUT2D eigenvalue weighted by molar-refractivity contribution is 6.04. The van der Waals surface area contributed by atoms with Gasteiger partial charge >= 0.3 is 0 Å². The van der Waals surface area contributed by atoms with Gasteiger partial charge in [-0.15, -0.1) is 10.2 Å². The summed E-state index contributed by atoms with van der Waals surface area (Å²) in [6, 6.07) is 14.0. The molecule has 0 spiro atoms. The van der Waals surface area contributed by atoms with Gasteiger partial charge in [0.2, 0.25) is 0 Å². The molecule has 0 saturated carbocycles. The number of rotatable bonds is 4. The number of anilines is 2. The first-order valence-electron chi connectivity index (χ1n) is 9.77. The van der Waals surface area contributed by atoms with Crippen LogP contribution in [0.3, 0.4) is 0 Å². The minimum atomic E-state index is -0.907. The predicted molar refractivity (Wildman–Crippen MR) is 111 cm³/mol. The largest absolute Gasteiger partial charge is 0.344 e. The van der Waals surface area contributed by atoms with E-state index in [-0.39, 0.29) is 0 Å². The zero-order valence-electron chi connectivity index (χ0n) is 16.5. The summed E-state index contributed by atoms with van der Waals surface area (Å²) in [6.45, 7) is 4.00. The lowest BCUT2D eigenvalue weighted by atomic mass is 10.1. The number of likely N-dealkylation sites (N-methyl/N-ethyl adjacent to an activating group) is 1. The summed E-state index contributed by atoms with van der Waals surface area (Å²) in [5.41, 5.74) is 1.18. The third-order valence-electron chi connectivity index (χ3n) is 5.20. The Labute approximate surface area is 173 Å². The topological polar surface area (TPSA) is 62.6 Å². The Morgan fingerprint density at radius 2 is 1.70 bits per heavy atom. The van der Waals surface area contributed by atoms with Gasteiger partial charge in [0.15, 0.2) is 5.82 Å². The standard InChI is InChI=1S/C22H21F2N5O/c1-28-10-12-29(13-11-28)20-9-8-19(26-27-20)15-4-2-5-16(14-15)25-22(30)21-17(23)6-3-7-18(21)24/h2-9,14H,10-13H2,1H3,(H,25,30)/p+1. The molecule has 1 aromatic heterocycles. The van der Waals surface area contributed by atoms with Crippen LogP contribution in [-0.4, -0.2) is 49.3 Å². The summed E-state index contributed by atoms with van der Waals surface area (Å²) < 4.78 is 27.7. The van der Waals surface area contributed by atoms with Crippen LogP contribution in [0.25, 0.3) is 11.3 Å². The maximum Gasteiger partial charge on any atom is 0.261 e. The highest BCUT2D eigenvalue weighted by Gasteiger charge is 2.19. The van der Waals surface area contributed by atoms with E-state index in [1.54, 1.807) is 18.2 Å². The fraction of sp³-hybridized carbons (Fsp3) is 0.227. The number of carbonyl (C=O) groups is 1. The summed E-state index contributed by atoms with van der Waals surface area (Å²) >= 11 is 0. The Balaban J connectivity index is 1.50. The molecule has 4 rings (SSSR count). The maximum atomic E-state index is 13.8. The van der Waals surface area contributed by atoms with Gasteiger partial charge in [0.25, 0.3) is 5.91 Å². The average Bonchev–Trinajstić information content (AvgIpc) is 2.74. The summed E-state index contributed by atoms with van der Waals surface area (Å²) in [7, 11) is 2.18. The van der Waals surface area contributed by atoms with Crippen LogP contribution in [0.2, 0.25) is 0 Å². The van der Waals surface area contributed by atoms with Crippen molar-refractivity contribution in [3.63, 3.8) is 0 Å². The van der Waals surface area contributed by atoms with Gasteiger partial charge in [-0.3, -0.25) is 4.79 Å². The normalized spacial score (nSPS) is 14.6. The van der Waals surface area contributed by atoms with Crippen molar-refractivity contribution in [2.45, 2.75) is 0 Å². The van der Waals surface area contributed by atoms with Crippen molar-refractivity contribution in [1.82, 2.24) is 10.2 Å². The molecule has 2 heterocycles. The molecule has 1 aliphatic rings. The van der Waals surface area contributed by atoms with Gasteiger partial charge < -0.3 is 15.1 Å². The van der Waals surface area contributed by atoms with Gasteiger partial charge in [0, 0.05) is 11.3 Å². The SMILES string of the molecule is C[NH+]1CCN(c2ccc(-c3cccc(NC(=O)c4c(F)cccc4F)c3)nn2)CC1. The molecular formula is C22H22F2N5O+. The predicted octanol–water partition coefficient (Wildman–Crippen LogP) is 2.01. The van der Waals surface area contributed by atoms with Gasteiger partial charge in [0.1, 0.15) is 17.2 Å². The van der Waals surface area contributed by atoms with Crippen LogP contribution in [-0.2, 0) is 0 Å². The van der Waals surface area contributed by atoms with E-state index in [0.717, 1.165) is 49.7 Å². The summed E-state index contributed by atoms with van der Waals surface area (Å²) in [4.78, 5) is 16.0. The Hall–Kier alpha value is -3.39. The van der Waals surface area contributed by atoms with E-state index in [1.165, 1.54) is 11.0 Å². The van der Waals surface area contributed by atoms with E-state index in [0.29, 0.717) is 11.4 Å². The quantitative estimate of drug-likeness (QED) is 0.691. The number of amides is 1. The molecule has 154 valence electrons. The van der Waals surface area contributed by atoms with Gasteiger partial charge in [-0.1, -0.05) is 18.2 Å². The lowest BCUT2D eigenvalue weighted by Crippen LogP contribution is -3.12. The highest BCUT2D eigenvalue weighted by Crippen LogP contribution is 2.23. The van der Waals surface area contributed by atoms with Crippen molar-refractivity contribution in [2.24, 2.45) is 0 Å². The van der Waals surface area contributed by atoms with Gasteiger partial charge in [-0.05, 0) is 36.4 Å². The van der Waals surface area contributed by atoms with E-state index in [4.69, 9.17) is 0 Å². The van der Waals surface area contributed by atoms with Crippen LogP contribution in [0.1, 0.15) is 10.4 Å². The van der Waals surface area contributed by atoms with Crippen LogP contribution < -0.4 is 15.1 Å². The number of hydrogen-bond acceptors (Lipinski definition) is 4. The fourth-order valence-corrected chi connectivity index (χ4v) is 3.43. The van der Waals surface area contributed by atoms with Gasteiger partial charge in [0.05, 0.1) is 38.9 Å². The first kappa shape index (κ1) is 19.9. The molecule has 1 aliphatic heterocycles. The van der Waals surface area contributed by atoms with E-state index >= 15 is 0 Å². The highest BCUT2D eigenvalue weighted by atomic mass is 19.1. The van der Waals surface area contributed by atoms with Gasteiger partial charge in [-0.25, -0.2) is 8.78 Å². The second kappa shape index (κ2) is 8.54. The molecule has 2 aromatic carbocycles.